The number of hydrogen-bond acceptors (Lipinski definition) is 2. The molecule has 1 atom stereocenters. The summed E-state index contributed by atoms with van der Waals surface area (Å²) >= 11 is 0. The first-order chi connectivity index (χ1) is 10.4. The van der Waals surface area contributed by atoms with E-state index in [1.807, 2.05) is 30.3 Å². The fourth-order valence-electron chi connectivity index (χ4n) is 2.16. The topological polar surface area (TPSA) is 21.3 Å². The Bertz CT molecular complexity index is 510. The minimum atomic E-state index is 0.159. The summed E-state index contributed by atoms with van der Waals surface area (Å²) in [7, 11) is 0. The van der Waals surface area contributed by atoms with E-state index in [9.17, 15) is 0 Å². The molecule has 0 aromatic heterocycles. The summed E-state index contributed by atoms with van der Waals surface area (Å²) in [5, 5.41) is 3.45. The predicted molar refractivity (Wildman–Crippen MR) is 88.0 cm³/mol. The third-order valence-corrected chi connectivity index (χ3v) is 3.30. The van der Waals surface area contributed by atoms with Gasteiger partial charge in [0, 0.05) is 13.1 Å². The Labute approximate surface area is 127 Å². The van der Waals surface area contributed by atoms with Crippen LogP contribution in [-0.2, 0) is 17.9 Å². The molecule has 0 heterocycles. The average molecular weight is 281 g/mol. The fraction of sp³-hybridized carbons (Fsp3) is 0.263. The van der Waals surface area contributed by atoms with Crippen molar-refractivity contribution in [3.05, 3.63) is 84.4 Å². The molecule has 0 radical (unpaired) electrons. The van der Waals surface area contributed by atoms with Gasteiger partial charge in [-0.2, -0.15) is 0 Å². The number of benzene rings is 2. The van der Waals surface area contributed by atoms with Crippen molar-refractivity contribution < 1.29 is 4.74 Å². The maximum atomic E-state index is 5.97. The van der Waals surface area contributed by atoms with Crippen LogP contribution in [0.2, 0.25) is 0 Å². The zero-order valence-corrected chi connectivity index (χ0v) is 12.4. The van der Waals surface area contributed by atoms with Crippen LogP contribution >= 0.6 is 0 Å². The SMILES string of the molecule is C=CC[C@@H](CNCc1ccccc1)OCc1ccccc1. The molecule has 0 saturated heterocycles. The molecule has 0 amide bonds. The van der Waals surface area contributed by atoms with Gasteiger partial charge in [0.2, 0.25) is 0 Å². The Morgan fingerprint density at radius 2 is 1.57 bits per heavy atom. The second kappa shape index (κ2) is 9.11. The minimum absolute atomic E-state index is 0.159. The van der Waals surface area contributed by atoms with E-state index in [0.717, 1.165) is 19.5 Å². The van der Waals surface area contributed by atoms with Crippen LogP contribution in [0.3, 0.4) is 0 Å². The maximum absolute atomic E-state index is 5.97. The van der Waals surface area contributed by atoms with Crippen LogP contribution in [0.5, 0.6) is 0 Å². The lowest BCUT2D eigenvalue weighted by Crippen LogP contribution is -2.28. The lowest BCUT2D eigenvalue weighted by Gasteiger charge is -2.17. The summed E-state index contributed by atoms with van der Waals surface area (Å²) in [6.07, 6.45) is 2.93. The zero-order chi connectivity index (χ0) is 14.8. The van der Waals surface area contributed by atoms with E-state index in [0.29, 0.717) is 6.61 Å². The van der Waals surface area contributed by atoms with E-state index < -0.39 is 0 Å². The Morgan fingerprint density at radius 1 is 0.952 bits per heavy atom. The van der Waals surface area contributed by atoms with Crippen LogP contribution in [0.25, 0.3) is 0 Å². The molecule has 2 aromatic carbocycles. The van der Waals surface area contributed by atoms with Crippen LogP contribution in [0.4, 0.5) is 0 Å². The molecular formula is C19H23NO. The Balaban J connectivity index is 1.75. The van der Waals surface area contributed by atoms with Crippen molar-refractivity contribution in [1.29, 1.82) is 0 Å². The van der Waals surface area contributed by atoms with Crippen LogP contribution in [0.15, 0.2) is 73.3 Å². The van der Waals surface area contributed by atoms with Crippen molar-refractivity contribution in [3.8, 4) is 0 Å². The summed E-state index contributed by atoms with van der Waals surface area (Å²) in [5.74, 6) is 0. The molecule has 2 heteroatoms. The number of ether oxygens (including phenoxy) is 1. The van der Waals surface area contributed by atoms with Gasteiger partial charge in [-0.05, 0) is 17.5 Å². The van der Waals surface area contributed by atoms with Crippen LogP contribution in [0, 0.1) is 0 Å². The van der Waals surface area contributed by atoms with E-state index in [-0.39, 0.29) is 6.10 Å². The predicted octanol–water partition coefficient (Wildman–Crippen LogP) is 3.94. The average Bonchev–Trinajstić information content (AvgIpc) is 2.54. The summed E-state index contributed by atoms with van der Waals surface area (Å²) in [6, 6.07) is 20.7. The third kappa shape index (κ3) is 5.94. The lowest BCUT2D eigenvalue weighted by molar-refractivity contribution is 0.0426. The minimum Gasteiger partial charge on any atom is -0.372 e. The molecule has 110 valence electrons. The Morgan fingerprint density at radius 3 is 2.19 bits per heavy atom. The van der Waals surface area contributed by atoms with Gasteiger partial charge < -0.3 is 10.1 Å². The number of rotatable bonds is 9. The summed E-state index contributed by atoms with van der Waals surface area (Å²) < 4.78 is 5.97. The summed E-state index contributed by atoms with van der Waals surface area (Å²) in [6.45, 7) is 6.15. The van der Waals surface area contributed by atoms with E-state index in [1.165, 1.54) is 11.1 Å². The van der Waals surface area contributed by atoms with Crippen molar-refractivity contribution in [1.82, 2.24) is 5.32 Å². The number of nitrogens with one attached hydrogen (secondary N) is 1. The van der Waals surface area contributed by atoms with Gasteiger partial charge >= 0.3 is 0 Å². The first kappa shape index (κ1) is 15.5. The molecule has 0 aliphatic rings. The first-order valence-electron chi connectivity index (χ1n) is 7.39. The highest BCUT2D eigenvalue weighted by Crippen LogP contribution is 2.06. The quantitative estimate of drug-likeness (QED) is 0.703. The standard InChI is InChI=1S/C19H23NO/c1-2-9-19(21-16-18-12-7-4-8-13-18)15-20-14-17-10-5-3-6-11-17/h2-8,10-13,19-20H,1,9,14-16H2/t19-/m0/s1. The first-order valence-corrected chi connectivity index (χ1v) is 7.39. The molecule has 0 unspecified atom stereocenters. The highest BCUT2D eigenvalue weighted by molar-refractivity contribution is 5.14. The Kier molecular flexibility index (Phi) is 6.72. The molecule has 1 N–H and O–H groups in total. The second-order valence-electron chi connectivity index (χ2n) is 5.06. The van der Waals surface area contributed by atoms with Gasteiger partial charge in [-0.25, -0.2) is 0 Å². The second-order valence-corrected chi connectivity index (χ2v) is 5.06. The highest BCUT2D eigenvalue weighted by atomic mass is 16.5. The monoisotopic (exact) mass is 281 g/mol. The highest BCUT2D eigenvalue weighted by Gasteiger charge is 2.07. The lowest BCUT2D eigenvalue weighted by atomic mass is 10.2. The molecule has 0 aliphatic carbocycles. The zero-order valence-electron chi connectivity index (χ0n) is 12.4. The third-order valence-electron chi connectivity index (χ3n) is 3.30. The summed E-state index contributed by atoms with van der Waals surface area (Å²) in [5.41, 5.74) is 2.49. The van der Waals surface area contributed by atoms with Crippen molar-refractivity contribution in [3.63, 3.8) is 0 Å². The molecule has 2 rings (SSSR count). The molecular weight excluding hydrogens is 258 g/mol. The molecule has 0 aliphatic heterocycles. The van der Waals surface area contributed by atoms with E-state index in [2.05, 4.69) is 48.3 Å². The van der Waals surface area contributed by atoms with Gasteiger partial charge in [0.05, 0.1) is 12.7 Å². The van der Waals surface area contributed by atoms with E-state index in [1.54, 1.807) is 0 Å². The van der Waals surface area contributed by atoms with Gasteiger partial charge in [0.1, 0.15) is 0 Å². The molecule has 0 spiro atoms. The van der Waals surface area contributed by atoms with Gasteiger partial charge in [0.15, 0.2) is 0 Å². The largest absolute Gasteiger partial charge is 0.372 e. The maximum Gasteiger partial charge on any atom is 0.0738 e. The molecule has 2 nitrogen and oxygen atoms in total. The van der Waals surface area contributed by atoms with Crippen LogP contribution in [0.1, 0.15) is 17.5 Å². The van der Waals surface area contributed by atoms with Gasteiger partial charge in [-0.15, -0.1) is 6.58 Å². The molecule has 2 aromatic rings. The fourth-order valence-corrected chi connectivity index (χ4v) is 2.16. The molecule has 0 bridgehead atoms. The van der Waals surface area contributed by atoms with Crippen molar-refractivity contribution >= 4 is 0 Å². The van der Waals surface area contributed by atoms with Crippen molar-refractivity contribution in [2.45, 2.75) is 25.7 Å². The van der Waals surface area contributed by atoms with Crippen molar-refractivity contribution in [2.75, 3.05) is 6.54 Å². The van der Waals surface area contributed by atoms with E-state index >= 15 is 0 Å². The summed E-state index contributed by atoms with van der Waals surface area (Å²) in [4.78, 5) is 0. The molecule has 21 heavy (non-hydrogen) atoms. The number of hydrogen-bond donors (Lipinski definition) is 1. The molecule has 0 fully saturated rings. The molecule has 0 saturated carbocycles. The van der Waals surface area contributed by atoms with Gasteiger partial charge in [-0.1, -0.05) is 66.7 Å². The van der Waals surface area contributed by atoms with Gasteiger partial charge in [-0.3, -0.25) is 0 Å². The van der Waals surface area contributed by atoms with Crippen LogP contribution < -0.4 is 5.32 Å². The smallest absolute Gasteiger partial charge is 0.0738 e. The van der Waals surface area contributed by atoms with Crippen LogP contribution in [-0.4, -0.2) is 12.6 Å². The van der Waals surface area contributed by atoms with E-state index in [4.69, 9.17) is 4.74 Å². The van der Waals surface area contributed by atoms with Gasteiger partial charge in [0.25, 0.3) is 0 Å². The normalized spacial score (nSPS) is 12.0. The Hall–Kier alpha value is -1.90. The van der Waals surface area contributed by atoms with Crippen molar-refractivity contribution in [2.24, 2.45) is 0 Å².